The fourth-order valence-corrected chi connectivity index (χ4v) is 3.19. The topological polar surface area (TPSA) is 69.6 Å². The number of piperidine rings is 1. The maximum atomic E-state index is 12.3. The highest BCUT2D eigenvalue weighted by atomic mass is 16.4. The van der Waals surface area contributed by atoms with Gasteiger partial charge in [-0.25, -0.2) is 4.79 Å². The number of carbonyl (C=O) groups is 2. The molecule has 1 heterocycles. The van der Waals surface area contributed by atoms with Gasteiger partial charge in [0.05, 0.1) is 0 Å². The fourth-order valence-electron chi connectivity index (χ4n) is 3.19. The van der Waals surface area contributed by atoms with Crippen LogP contribution in [0.15, 0.2) is 0 Å². The van der Waals surface area contributed by atoms with Crippen molar-refractivity contribution in [3.05, 3.63) is 0 Å². The molecule has 0 saturated carbocycles. The highest BCUT2D eigenvalue weighted by Crippen LogP contribution is 2.22. The molecule has 5 nitrogen and oxygen atoms in total. The third-order valence-electron chi connectivity index (χ3n) is 4.21. The maximum Gasteiger partial charge on any atom is 0.317 e. The van der Waals surface area contributed by atoms with Crippen LogP contribution in [0, 0.1) is 17.8 Å². The average Bonchev–Trinajstić information content (AvgIpc) is 2.34. The largest absolute Gasteiger partial charge is 0.481 e. The van der Waals surface area contributed by atoms with Gasteiger partial charge < -0.3 is 15.3 Å². The molecule has 0 aliphatic carbocycles. The van der Waals surface area contributed by atoms with Crippen molar-refractivity contribution in [3.8, 4) is 0 Å². The van der Waals surface area contributed by atoms with Gasteiger partial charge in [0.15, 0.2) is 0 Å². The maximum absolute atomic E-state index is 12.3. The molecule has 0 spiro atoms. The van der Waals surface area contributed by atoms with Crippen molar-refractivity contribution in [1.29, 1.82) is 0 Å². The zero-order valence-corrected chi connectivity index (χ0v) is 13.8. The third kappa shape index (κ3) is 6.36. The Labute approximate surface area is 128 Å². The number of aliphatic carboxylic acids is 1. The van der Waals surface area contributed by atoms with Gasteiger partial charge in [0, 0.05) is 25.6 Å². The average molecular weight is 298 g/mol. The summed E-state index contributed by atoms with van der Waals surface area (Å²) < 4.78 is 0. The van der Waals surface area contributed by atoms with E-state index in [0.717, 1.165) is 25.8 Å². The molecule has 5 heteroatoms. The Morgan fingerprint density at radius 3 is 2.52 bits per heavy atom. The number of hydrogen-bond acceptors (Lipinski definition) is 2. The number of nitrogens with zero attached hydrogens (tertiary/aromatic N) is 1. The first-order chi connectivity index (χ1) is 9.79. The summed E-state index contributed by atoms with van der Waals surface area (Å²) in [5.74, 6) is 0.311. The zero-order chi connectivity index (χ0) is 16.0. The lowest BCUT2D eigenvalue weighted by molar-refractivity contribution is -0.138. The molecule has 1 rings (SSSR count). The van der Waals surface area contributed by atoms with Gasteiger partial charge in [0.25, 0.3) is 0 Å². The van der Waals surface area contributed by atoms with Gasteiger partial charge in [-0.05, 0) is 43.9 Å². The Balaban J connectivity index is 2.46. The van der Waals surface area contributed by atoms with E-state index < -0.39 is 5.97 Å². The van der Waals surface area contributed by atoms with E-state index in [-0.39, 0.29) is 24.4 Å². The first-order valence-corrected chi connectivity index (χ1v) is 8.05. The van der Waals surface area contributed by atoms with E-state index in [9.17, 15) is 9.59 Å². The van der Waals surface area contributed by atoms with Crippen molar-refractivity contribution in [1.82, 2.24) is 10.2 Å². The highest BCUT2D eigenvalue weighted by molar-refractivity contribution is 5.74. The van der Waals surface area contributed by atoms with Gasteiger partial charge in [-0.2, -0.15) is 0 Å². The number of nitrogens with one attached hydrogen (secondary N) is 1. The number of likely N-dealkylation sites (tertiary alicyclic amines) is 1. The molecule has 122 valence electrons. The van der Waals surface area contributed by atoms with Crippen molar-refractivity contribution in [3.63, 3.8) is 0 Å². The quantitative estimate of drug-likeness (QED) is 0.792. The first-order valence-electron chi connectivity index (χ1n) is 8.05. The Hall–Kier alpha value is -1.26. The number of hydrogen-bond donors (Lipinski definition) is 2. The molecule has 2 N–H and O–H groups in total. The zero-order valence-electron chi connectivity index (χ0n) is 13.8. The van der Waals surface area contributed by atoms with Gasteiger partial charge in [-0.3, -0.25) is 4.79 Å². The van der Waals surface area contributed by atoms with Crippen LogP contribution < -0.4 is 5.32 Å². The van der Waals surface area contributed by atoms with E-state index in [1.54, 1.807) is 0 Å². The first kappa shape index (κ1) is 17.8. The molecule has 1 fully saturated rings. The summed E-state index contributed by atoms with van der Waals surface area (Å²) in [4.78, 5) is 25.0. The van der Waals surface area contributed by atoms with Crippen LogP contribution in [0.1, 0.15) is 53.4 Å². The van der Waals surface area contributed by atoms with E-state index in [1.807, 2.05) is 4.90 Å². The van der Waals surface area contributed by atoms with Crippen LogP contribution >= 0.6 is 0 Å². The molecule has 3 unspecified atom stereocenters. The summed E-state index contributed by atoms with van der Waals surface area (Å²) >= 11 is 0. The van der Waals surface area contributed by atoms with Crippen molar-refractivity contribution in [2.75, 3.05) is 13.1 Å². The summed E-state index contributed by atoms with van der Waals surface area (Å²) in [6.45, 7) is 9.69. The molecule has 2 amide bonds. The number of rotatable bonds is 6. The molecule has 1 aliphatic rings. The number of carboxylic acids is 1. The summed E-state index contributed by atoms with van der Waals surface area (Å²) in [6, 6.07) is 0.213. The monoisotopic (exact) mass is 298 g/mol. The van der Waals surface area contributed by atoms with Gasteiger partial charge in [-0.15, -0.1) is 0 Å². The van der Waals surface area contributed by atoms with Gasteiger partial charge in [0.2, 0.25) is 0 Å². The van der Waals surface area contributed by atoms with Crippen LogP contribution in [-0.4, -0.2) is 41.1 Å². The van der Waals surface area contributed by atoms with Crippen molar-refractivity contribution < 1.29 is 14.7 Å². The Kier molecular flexibility index (Phi) is 6.99. The van der Waals surface area contributed by atoms with Crippen LogP contribution in [0.5, 0.6) is 0 Å². The lowest BCUT2D eigenvalue weighted by Gasteiger charge is -2.36. The van der Waals surface area contributed by atoms with E-state index in [2.05, 4.69) is 33.0 Å². The van der Waals surface area contributed by atoms with Crippen LogP contribution in [-0.2, 0) is 4.79 Å². The fraction of sp³-hybridized carbons (Fsp3) is 0.875. The van der Waals surface area contributed by atoms with E-state index in [4.69, 9.17) is 5.11 Å². The molecule has 0 aromatic heterocycles. The predicted molar refractivity (Wildman–Crippen MR) is 83.2 cm³/mol. The minimum Gasteiger partial charge on any atom is -0.481 e. The van der Waals surface area contributed by atoms with Gasteiger partial charge in [0.1, 0.15) is 0 Å². The SMILES string of the molecule is CC(C)CC(CNC(=O)N1CCC(C)CC1C)CC(=O)O. The van der Waals surface area contributed by atoms with Crippen LogP contribution in [0.3, 0.4) is 0 Å². The van der Waals surface area contributed by atoms with E-state index in [0.29, 0.717) is 18.4 Å². The van der Waals surface area contributed by atoms with Crippen LogP contribution in [0.2, 0.25) is 0 Å². The highest BCUT2D eigenvalue weighted by Gasteiger charge is 2.27. The van der Waals surface area contributed by atoms with Gasteiger partial charge >= 0.3 is 12.0 Å². The molecular weight excluding hydrogens is 268 g/mol. The molecule has 1 aliphatic heterocycles. The lowest BCUT2D eigenvalue weighted by atomic mass is 9.93. The number of urea groups is 1. The Morgan fingerprint density at radius 2 is 2.00 bits per heavy atom. The molecule has 0 aromatic carbocycles. The van der Waals surface area contributed by atoms with Crippen LogP contribution in [0.25, 0.3) is 0 Å². The standard InChI is InChI=1S/C16H30N2O3/c1-11(2)7-14(9-15(19)20)10-17-16(21)18-6-5-12(3)8-13(18)4/h11-14H,5-10H2,1-4H3,(H,17,21)(H,19,20). The minimum absolute atomic E-state index is 0.00507. The molecule has 3 atom stereocenters. The second-order valence-corrected chi connectivity index (χ2v) is 6.95. The van der Waals surface area contributed by atoms with Crippen molar-refractivity contribution in [2.24, 2.45) is 17.8 Å². The summed E-state index contributed by atoms with van der Waals surface area (Å²) in [5.41, 5.74) is 0. The van der Waals surface area contributed by atoms with Crippen molar-refractivity contribution >= 4 is 12.0 Å². The molecule has 0 radical (unpaired) electrons. The lowest BCUT2D eigenvalue weighted by Crippen LogP contribution is -2.49. The third-order valence-corrected chi connectivity index (χ3v) is 4.21. The summed E-state index contributed by atoms with van der Waals surface area (Å²) in [7, 11) is 0. The predicted octanol–water partition coefficient (Wildman–Crippen LogP) is 2.95. The summed E-state index contributed by atoms with van der Waals surface area (Å²) in [5, 5.41) is 11.9. The number of amides is 2. The number of carbonyl (C=O) groups excluding carboxylic acids is 1. The smallest absolute Gasteiger partial charge is 0.317 e. The minimum atomic E-state index is -0.796. The Morgan fingerprint density at radius 1 is 1.33 bits per heavy atom. The summed E-state index contributed by atoms with van der Waals surface area (Å²) in [6.07, 6.45) is 3.02. The number of carboxylic acid groups (broad SMARTS) is 1. The van der Waals surface area contributed by atoms with Gasteiger partial charge in [-0.1, -0.05) is 20.8 Å². The van der Waals surface area contributed by atoms with Crippen LogP contribution in [0.4, 0.5) is 4.79 Å². The normalized spacial score (nSPS) is 24.0. The second-order valence-electron chi connectivity index (χ2n) is 6.95. The molecular formula is C16H30N2O3. The Bertz CT molecular complexity index is 357. The molecule has 1 saturated heterocycles. The molecule has 0 bridgehead atoms. The van der Waals surface area contributed by atoms with E-state index in [1.165, 1.54) is 0 Å². The van der Waals surface area contributed by atoms with E-state index >= 15 is 0 Å². The van der Waals surface area contributed by atoms with Crippen molar-refractivity contribution in [2.45, 2.75) is 59.4 Å². The molecule has 0 aromatic rings. The second kappa shape index (κ2) is 8.25. The molecule has 21 heavy (non-hydrogen) atoms.